The maximum atomic E-state index is 12.6. The predicted molar refractivity (Wildman–Crippen MR) is 105 cm³/mol. The summed E-state index contributed by atoms with van der Waals surface area (Å²) < 4.78 is 7.05. The van der Waals surface area contributed by atoms with E-state index in [0.717, 1.165) is 25.8 Å². The molecule has 0 aliphatic rings. The molecule has 0 saturated carbocycles. The van der Waals surface area contributed by atoms with Crippen molar-refractivity contribution in [2.45, 2.75) is 6.92 Å². The van der Waals surface area contributed by atoms with Gasteiger partial charge in [-0.2, -0.15) is 0 Å². The van der Waals surface area contributed by atoms with Gasteiger partial charge in [0.25, 0.3) is 5.91 Å². The van der Waals surface area contributed by atoms with Gasteiger partial charge in [0.15, 0.2) is 0 Å². The minimum absolute atomic E-state index is 0.241. The van der Waals surface area contributed by atoms with Crippen molar-refractivity contribution in [1.82, 2.24) is 0 Å². The molecule has 0 radical (unpaired) electrons. The minimum atomic E-state index is -0.427. The SMILES string of the molecule is Cc1cc(Br)ccc1NC(=O)c1cc2c(=O)oc3ccccc3c2s1. The number of thiophene rings is 1. The zero-order valence-corrected chi connectivity index (χ0v) is 15.5. The van der Waals surface area contributed by atoms with Crippen molar-refractivity contribution in [3.8, 4) is 0 Å². The number of aryl methyl sites for hydroxylation is 1. The summed E-state index contributed by atoms with van der Waals surface area (Å²) in [6.45, 7) is 1.92. The lowest BCUT2D eigenvalue weighted by Gasteiger charge is -2.07. The highest BCUT2D eigenvalue weighted by molar-refractivity contribution is 9.10. The number of anilines is 1. The van der Waals surface area contributed by atoms with Crippen LogP contribution in [0.4, 0.5) is 5.69 Å². The van der Waals surface area contributed by atoms with E-state index in [1.165, 1.54) is 11.3 Å². The number of carbonyl (C=O) groups excluding carboxylic acids is 1. The van der Waals surface area contributed by atoms with Crippen molar-refractivity contribution in [3.63, 3.8) is 0 Å². The number of carbonyl (C=O) groups is 1. The van der Waals surface area contributed by atoms with Crippen molar-refractivity contribution >= 4 is 59.9 Å². The number of hydrogen-bond acceptors (Lipinski definition) is 4. The summed E-state index contributed by atoms with van der Waals surface area (Å²) in [5.74, 6) is -0.241. The van der Waals surface area contributed by atoms with Gasteiger partial charge in [-0.05, 0) is 48.9 Å². The van der Waals surface area contributed by atoms with E-state index in [1.807, 2.05) is 43.3 Å². The molecule has 0 aliphatic heterocycles. The van der Waals surface area contributed by atoms with Gasteiger partial charge >= 0.3 is 5.63 Å². The first-order chi connectivity index (χ1) is 12.0. The maximum absolute atomic E-state index is 12.6. The number of hydrogen-bond donors (Lipinski definition) is 1. The van der Waals surface area contributed by atoms with Crippen molar-refractivity contribution < 1.29 is 9.21 Å². The summed E-state index contributed by atoms with van der Waals surface area (Å²) in [6.07, 6.45) is 0. The Kier molecular flexibility index (Phi) is 3.94. The van der Waals surface area contributed by atoms with Gasteiger partial charge in [-0.25, -0.2) is 4.79 Å². The Bertz CT molecular complexity index is 1190. The number of benzene rings is 2. The second-order valence-electron chi connectivity index (χ2n) is 5.65. The zero-order valence-electron chi connectivity index (χ0n) is 13.1. The van der Waals surface area contributed by atoms with Crippen molar-refractivity contribution in [2.75, 3.05) is 5.32 Å². The molecule has 1 amide bonds. The van der Waals surface area contributed by atoms with Crippen LogP contribution in [0.5, 0.6) is 0 Å². The Morgan fingerprint density at radius 3 is 2.72 bits per heavy atom. The van der Waals surface area contributed by atoms with Crippen molar-refractivity contribution in [2.24, 2.45) is 0 Å². The topological polar surface area (TPSA) is 59.3 Å². The molecule has 0 bridgehead atoms. The highest BCUT2D eigenvalue weighted by atomic mass is 79.9. The van der Waals surface area contributed by atoms with E-state index >= 15 is 0 Å². The van der Waals surface area contributed by atoms with Crippen LogP contribution in [0.15, 0.2) is 62.2 Å². The number of fused-ring (bicyclic) bond motifs is 3. The normalized spacial score (nSPS) is 11.1. The Balaban J connectivity index is 1.79. The first-order valence-corrected chi connectivity index (χ1v) is 9.17. The van der Waals surface area contributed by atoms with Crippen LogP contribution in [0.2, 0.25) is 0 Å². The Morgan fingerprint density at radius 2 is 1.92 bits per heavy atom. The van der Waals surface area contributed by atoms with Gasteiger partial charge in [0.2, 0.25) is 0 Å². The summed E-state index contributed by atoms with van der Waals surface area (Å²) in [6, 6.07) is 14.6. The van der Waals surface area contributed by atoms with Gasteiger partial charge in [0.1, 0.15) is 5.58 Å². The van der Waals surface area contributed by atoms with Crippen LogP contribution >= 0.6 is 27.3 Å². The third-order valence-electron chi connectivity index (χ3n) is 3.95. The maximum Gasteiger partial charge on any atom is 0.345 e. The van der Waals surface area contributed by atoms with E-state index in [1.54, 1.807) is 12.1 Å². The highest BCUT2D eigenvalue weighted by Crippen LogP contribution is 2.31. The van der Waals surface area contributed by atoms with Gasteiger partial charge in [0, 0.05) is 15.5 Å². The molecular formula is C19H12BrNO3S. The molecule has 4 rings (SSSR count). The van der Waals surface area contributed by atoms with Crippen LogP contribution < -0.4 is 10.9 Å². The molecular weight excluding hydrogens is 402 g/mol. The molecule has 2 heterocycles. The van der Waals surface area contributed by atoms with E-state index in [-0.39, 0.29) is 5.91 Å². The number of amides is 1. The quantitative estimate of drug-likeness (QED) is 0.451. The smallest absolute Gasteiger partial charge is 0.345 e. The summed E-state index contributed by atoms with van der Waals surface area (Å²) >= 11 is 4.70. The van der Waals surface area contributed by atoms with Gasteiger partial charge in [-0.3, -0.25) is 4.79 Å². The number of rotatable bonds is 2. The molecule has 6 heteroatoms. The molecule has 2 aromatic carbocycles. The molecule has 0 saturated heterocycles. The second kappa shape index (κ2) is 6.13. The van der Waals surface area contributed by atoms with Crippen LogP contribution in [0.1, 0.15) is 15.2 Å². The average molecular weight is 414 g/mol. The number of nitrogens with one attached hydrogen (secondary N) is 1. The van der Waals surface area contributed by atoms with Crippen LogP contribution in [0, 0.1) is 6.92 Å². The van der Waals surface area contributed by atoms with Crippen molar-refractivity contribution in [1.29, 1.82) is 0 Å². The molecule has 2 aromatic heterocycles. The fraction of sp³-hybridized carbons (Fsp3) is 0.0526. The molecule has 0 atom stereocenters. The summed E-state index contributed by atoms with van der Waals surface area (Å²) in [7, 11) is 0. The third-order valence-corrected chi connectivity index (χ3v) is 5.61. The van der Waals surface area contributed by atoms with Crippen LogP contribution in [-0.2, 0) is 0 Å². The fourth-order valence-corrected chi connectivity index (χ4v) is 4.25. The first kappa shape index (κ1) is 16.1. The largest absolute Gasteiger partial charge is 0.422 e. The van der Waals surface area contributed by atoms with Crippen LogP contribution in [0.3, 0.4) is 0 Å². The number of para-hydroxylation sites is 1. The Hall–Kier alpha value is -2.44. The first-order valence-electron chi connectivity index (χ1n) is 7.56. The zero-order chi connectivity index (χ0) is 17.6. The fourth-order valence-electron chi connectivity index (χ4n) is 2.70. The average Bonchev–Trinajstić information content (AvgIpc) is 3.04. The van der Waals surface area contributed by atoms with E-state index in [9.17, 15) is 9.59 Å². The van der Waals surface area contributed by atoms with Gasteiger partial charge in [0.05, 0.1) is 15.0 Å². The van der Waals surface area contributed by atoms with E-state index in [0.29, 0.717) is 15.8 Å². The minimum Gasteiger partial charge on any atom is -0.422 e. The van der Waals surface area contributed by atoms with E-state index in [4.69, 9.17) is 4.42 Å². The molecule has 124 valence electrons. The van der Waals surface area contributed by atoms with Crippen LogP contribution in [0.25, 0.3) is 21.1 Å². The lowest BCUT2D eigenvalue weighted by Crippen LogP contribution is -2.11. The molecule has 1 N–H and O–H groups in total. The van der Waals surface area contributed by atoms with Gasteiger partial charge < -0.3 is 9.73 Å². The lowest BCUT2D eigenvalue weighted by molar-refractivity contribution is 0.103. The predicted octanol–water partition coefficient (Wildman–Crippen LogP) is 5.33. The lowest BCUT2D eigenvalue weighted by atomic mass is 10.2. The second-order valence-corrected chi connectivity index (χ2v) is 7.62. The molecule has 4 aromatic rings. The standard InChI is InChI=1S/C19H12BrNO3S/c1-10-8-11(20)6-7-14(10)21-18(22)16-9-13-17(25-16)12-4-2-3-5-15(12)24-19(13)23/h2-9H,1H3,(H,21,22). The monoisotopic (exact) mass is 413 g/mol. The Morgan fingerprint density at radius 1 is 1.12 bits per heavy atom. The molecule has 25 heavy (non-hydrogen) atoms. The van der Waals surface area contributed by atoms with Gasteiger partial charge in [-0.1, -0.05) is 28.1 Å². The summed E-state index contributed by atoms with van der Waals surface area (Å²) in [5.41, 5.74) is 1.79. The van der Waals surface area contributed by atoms with Crippen molar-refractivity contribution in [3.05, 3.63) is 73.9 Å². The number of halogens is 1. The van der Waals surface area contributed by atoms with E-state index in [2.05, 4.69) is 21.2 Å². The highest BCUT2D eigenvalue weighted by Gasteiger charge is 2.16. The molecule has 0 unspecified atom stereocenters. The summed E-state index contributed by atoms with van der Waals surface area (Å²) in [4.78, 5) is 25.3. The molecule has 4 nitrogen and oxygen atoms in total. The third kappa shape index (κ3) is 2.88. The molecule has 0 spiro atoms. The van der Waals surface area contributed by atoms with Gasteiger partial charge in [-0.15, -0.1) is 11.3 Å². The Labute approximate surface area is 155 Å². The molecule has 0 fully saturated rings. The van der Waals surface area contributed by atoms with E-state index < -0.39 is 5.63 Å². The summed E-state index contributed by atoms with van der Waals surface area (Å²) in [5, 5.41) is 4.17. The molecule has 0 aliphatic carbocycles. The van der Waals surface area contributed by atoms with Crippen LogP contribution in [-0.4, -0.2) is 5.91 Å².